The molecule has 2 aromatic carbocycles. The highest BCUT2D eigenvalue weighted by Gasteiger charge is 2.28. The van der Waals surface area contributed by atoms with E-state index in [2.05, 4.69) is 5.43 Å². The molecule has 2 unspecified atom stereocenters. The lowest BCUT2D eigenvalue weighted by molar-refractivity contribution is 0.406. The van der Waals surface area contributed by atoms with Crippen molar-refractivity contribution in [3.63, 3.8) is 0 Å². The summed E-state index contributed by atoms with van der Waals surface area (Å²) < 4.78 is 28.5. The molecule has 0 aliphatic carbocycles. The van der Waals surface area contributed by atoms with E-state index in [0.717, 1.165) is 5.56 Å². The Morgan fingerprint density at radius 2 is 1.76 bits per heavy atom. The maximum Gasteiger partial charge on any atom is 0.133 e. The van der Waals surface area contributed by atoms with Crippen molar-refractivity contribution in [3.8, 4) is 0 Å². The van der Waals surface area contributed by atoms with Crippen LogP contribution < -0.4 is 11.3 Å². The van der Waals surface area contributed by atoms with Gasteiger partial charge in [0.25, 0.3) is 0 Å². The lowest BCUT2D eigenvalue weighted by Gasteiger charge is -2.27. The Morgan fingerprint density at radius 3 is 2.33 bits per heavy atom. The monoisotopic (exact) mass is 290 g/mol. The molecule has 3 N–H and O–H groups in total. The van der Waals surface area contributed by atoms with E-state index in [1.54, 1.807) is 6.92 Å². The van der Waals surface area contributed by atoms with Gasteiger partial charge in [-0.3, -0.25) is 11.3 Å². The highest BCUT2D eigenvalue weighted by Crippen LogP contribution is 2.36. The summed E-state index contributed by atoms with van der Waals surface area (Å²) in [4.78, 5) is 0. The van der Waals surface area contributed by atoms with Crippen molar-refractivity contribution in [1.82, 2.24) is 5.43 Å². The van der Waals surface area contributed by atoms with E-state index in [9.17, 15) is 8.78 Å². The quantitative estimate of drug-likeness (QED) is 0.646. The highest BCUT2D eigenvalue weighted by molar-refractivity contribution is 5.33. The van der Waals surface area contributed by atoms with E-state index < -0.39 is 17.7 Å². The summed E-state index contributed by atoms with van der Waals surface area (Å²) >= 11 is 0. The van der Waals surface area contributed by atoms with Crippen LogP contribution in [0, 0.1) is 18.6 Å². The van der Waals surface area contributed by atoms with E-state index in [1.807, 2.05) is 37.3 Å². The maximum atomic E-state index is 14.4. The Kier molecular flexibility index (Phi) is 5.04. The number of halogens is 2. The Balaban J connectivity index is 2.51. The number of aryl methyl sites for hydroxylation is 1. The summed E-state index contributed by atoms with van der Waals surface area (Å²) in [5.74, 6) is 4.41. The van der Waals surface area contributed by atoms with Gasteiger partial charge in [0.05, 0.1) is 6.04 Å². The van der Waals surface area contributed by atoms with Gasteiger partial charge < -0.3 is 0 Å². The molecule has 2 nitrogen and oxygen atoms in total. The van der Waals surface area contributed by atoms with Crippen molar-refractivity contribution in [2.45, 2.75) is 32.2 Å². The topological polar surface area (TPSA) is 38.0 Å². The fourth-order valence-electron chi connectivity index (χ4n) is 2.73. The third-order valence-corrected chi connectivity index (χ3v) is 3.88. The molecule has 0 heterocycles. The molecule has 0 saturated carbocycles. The van der Waals surface area contributed by atoms with E-state index >= 15 is 0 Å². The molecule has 2 atom stereocenters. The third-order valence-electron chi connectivity index (χ3n) is 3.88. The Morgan fingerprint density at radius 1 is 1.10 bits per heavy atom. The lowest BCUT2D eigenvalue weighted by Crippen LogP contribution is -2.34. The second kappa shape index (κ2) is 6.78. The summed E-state index contributed by atoms with van der Waals surface area (Å²) in [7, 11) is 0. The van der Waals surface area contributed by atoms with Gasteiger partial charge >= 0.3 is 0 Å². The summed E-state index contributed by atoms with van der Waals surface area (Å²) in [5.41, 5.74) is 4.02. The Hall–Kier alpha value is -1.78. The second-order valence-corrected chi connectivity index (χ2v) is 5.16. The second-order valence-electron chi connectivity index (χ2n) is 5.16. The zero-order valence-corrected chi connectivity index (χ0v) is 12.2. The molecule has 21 heavy (non-hydrogen) atoms. The standard InChI is InChI=1S/C17H20F2N2/c1-3-13(12-7-5-4-6-8-12)17(21-20)15-14(18)10-9-11(2)16(15)19/h4-10,13,17,21H,3,20H2,1-2H3. The Labute approximate surface area is 124 Å². The van der Waals surface area contributed by atoms with Gasteiger partial charge in [-0.2, -0.15) is 0 Å². The van der Waals surface area contributed by atoms with E-state index in [1.165, 1.54) is 12.1 Å². The largest absolute Gasteiger partial charge is 0.271 e. The zero-order chi connectivity index (χ0) is 15.4. The van der Waals surface area contributed by atoms with Crippen LogP contribution in [-0.2, 0) is 0 Å². The number of nitrogens with one attached hydrogen (secondary N) is 1. The van der Waals surface area contributed by atoms with E-state index in [-0.39, 0.29) is 11.5 Å². The molecule has 0 amide bonds. The normalized spacial score (nSPS) is 14.0. The van der Waals surface area contributed by atoms with Crippen LogP contribution in [0.15, 0.2) is 42.5 Å². The molecule has 0 aromatic heterocycles. The van der Waals surface area contributed by atoms with Crippen molar-refractivity contribution in [2.75, 3.05) is 0 Å². The number of nitrogens with two attached hydrogens (primary N) is 1. The molecule has 0 radical (unpaired) electrons. The summed E-state index contributed by atoms with van der Waals surface area (Å²) in [6.07, 6.45) is 0.714. The number of rotatable bonds is 5. The van der Waals surface area contributed by atoms with Gasteiger partial charge in [0.2, 0.25) is 0 Å². The third kappa shape index (κ3) is 3.12. The zero-order valence-electron chi connectivity index (χ0n) is 12.2. The van der Waals surface area contributed by atoms with Crippen molar-refractivity contribution in [1.29, 1.82) is 0 Å². The predicted octanol–water partition coefficient (Wildman–Crippen LogP) is 3.97. The summed E-state index contributed by atoms with van der Waals surface area (Å²) in [6, 6.07) is 11.7. The van der Waals surface area contributed by atoms with Gasteiger partial charge in [-0.25, -0.2) is 8.78 Å². The van der Waals surface area contributed by atoms with Crippen LogP contribution in [0.2, 0.25) is 0 Å². The van der Waals surface area contributed by atoms with Crippen LogP contribution in [0.5, 0.6) is 0 Å². The van der Waals surface area contributed by atoms with Gasteiger partial charge in [-0.1, -0.05) is 43.3 Å². The number of hydrazine groups is 1. The van der Waals surface area contributed by atoms with Gasteiger partial charge in [-0.15, -0.1) is 0 Å². The Bertz CT molecular complexity index is 599. The smallest absolute Gasteiger partial charge is 0.133 e. The summed E-state index contributed by atoms with van der Waals surface area (Å²) in [5, 5.41) is 0. The van der Waals surface area contributed by atoms with Crippen molar-refractivity contribution in [2.24, 2.45) is 5.84 Å². The number of hydrogen-bond donors (Lipinski definition) is 2. The molecule has 2 rings (SSSR count). The average Bonchev–Trinajstić information content (AvgIpc) is 2.51. The molecular formula is C17H20F2N2. The molecule has 0 aliphatic rings. The van der Waals surface area contributed by atoms with Gasteiger partial charge in [-0.05, 0) is 30.5 Å². The molecule has 0 fully saturated rings. The number of benzene rings is 2. The summed E-state index contributed by atoms with van der Waals surface area (Å²) in [6.45, 7) is 3.60. The van der Waals surface area contributed by atoms with Crippen molar-refractivity contribution in [3.05, 3.63) is 70.8 Å². The molecular weight excluding hydrogens is 270 g/mol. The van der Waals surface area contributed by atoms with Crippen LogP contribution in [0.4, 0.5) is 8.78 Å². The molecule has 0 saturated heterocycles. The average molecular weight is 290 g/mol. The fourth-order valence-corrected chi connectivity index (χ4v) is 2.73. The fraction of sp³-hybridized carbons (Fsp3) is 0.294. The van der Waals surface area contributed by atoms with Gasteiger partial charge in [0, 0.05) is 11.5 Å². The molecule has 0 aliphatic heterocycles. The first-order valence-corrected chi connectivity index (χ1v) is 7.05. The minimum Gasteiger partial charge on any atom is -0.271 e. The van der Waals surface area contributed by atoms with Crippen LogP contribution in [-0.4, -0.2) is 0 Å². The minimum absolute atomic E-state index is 0.00760. The maximum absolute atomic E-state index is 14.4. The van der Waals surface area contributed by atoms with Crippen LogP contribution in [0.25, 0.3) is 0 Å². The first kappa shape index (κ1) is 15.6. The first-order valence-electron chi connectivity index (χ1n) is 7.05. The molecule has 0 bridgehead atoms. The number of hydrogen-bond acceptors (Lipinski definition) is 2. The van der Waals surface area contributed by atoms with Crippen molar-refractivity contribution < 1.29 is 8.78 Å². The molecule has 0 spiro atoms. The van der Waals surface area contributed by atoms with Gasteiger partial charge in [0.15, 0.2) is 0 Å². The first-order chi connectivity index (χ1) is 10.1. The molecule has 4 heteroatoms. The highest BCUT2D eigenvalue weighted by atomic mass is 19.1. The van der Waals surface area contributed by atoms with Crippen LogP contribution in [0.3, 0.4) is 0 Å². The molecule has 112 valence electrons. The van der Waals surface area contributed by atoms with E-state index in [0.29, 0.717) is 12.0 Å². The minimum atomic E-state index is -0.614. The van der Waals surface area contributed by atoms with Crippen LogP contribution in [0.1, 0.15) is 42.0 Å². The lowest BCUT2D eigenvalue weighted by atomic mass is 9.84. The SMILES string of the molecule is CCC(c1ccccc1)C(NN)c1c(F)ccc(C)c1F. The predicted molar refractivity (Wildman–Crippen MR) is 80.6 cm³/mol. The van der Waals surface area contributed by atoms with E-state index in [4.69, 9.17) is 5.84 Å². The van der Waals surface area contributed by atoms with Crippen LogP contribution >= 0.6 is 0 Å². The van der Waals surface area contributed by atoms with Gasteiger partial charge in [0.1, 0.15) is 11.6 Å². The van der Waals surface area contributed by atoms with Crippen molar-refractivity contribution >= 4 is 0 Å². The molecule has 2 aromatic rings.